The van der Waals surface area contributed by atoms with Crippen LogP contribution in [0.15, 0.2) is 18.3 Å². The number of ketones is 1. The molecule has 3 heteroatoms. The highest BCUT2D eigenvalue weighted by atomic mass is 16.5. The van der Waals surface area contributed by atoms with Crippen LogP contribution in [0.1, 0.15) is 25.8 Å². The predicted octanol–water partition coefficient (Wildman–Crippen LogP) is 2.25. The quantitative estimate of drug-likeness (QED) is 0.743. The SMILES string of the molecule is CCC(C)C(=O)Cc1ccc(OC)nc1. The van der Waals surface area contributed by atoms with E-state index in [-0.39, 0.29) is 11.7 Å². The Hall–Kier alpha value is -1.38. The van der Waals surface area contributed by atoms with E-state index in [1.807, 2.05) is 19.9 Å². The van der Waals surface area contributed by atoms with E-state index in [0.29, 0.717) is 12.3 Å². The molecule has 0 fully saturated rings. The Morgan fingerprint density at radius 1 is 1.53 bits per heavy atom. The normalized spacial score (nSPS) is 12.2. The van der Waals surface area contributed by atoms with E-state index in [1.165, 1.54) is 0 Å². The summed E-state index contributed by atoms with van der Waals surface area (Å²) in [6, 6.07) is 3.66. The minimum Gasteiger partial charge on any atom is -0.481 e. The molecule has 1 rings (SSSR count). The van der Waals surface area contributed by atoms with Gasteiger partial charge in [-0.25, -0.2) is 4.98 Å². The number of hydrogen-bond acceptors (Lipinski definition) is 3. The summed E-state index contributed by atoms with van der Waals surface area (Å²) in [5.74, 6) is 0.978. The van der Waals surface area contributed by atoms with Crippen molar-refractivity contribution < 1.29 is 9.53 Å². The van der Waals surface area contributed by atoms with E-state index in [2.05, 4.69) is 4.98 Å². The second-order valence-corrected chi connectivity index (χ2v) is 3.66. The van der Waals surface area contributed by atoms with Crippen LogP contribution >= 0.6 is 0 Å². The highest BCUT2D eigenvalue weighted by molar-refractivity contribution is 5.82. The van der Waals surface area contributed by atoms with Gasteiger partial charge in [-0.1, -0.05) is 19.9 Å². The van der Waals surface area contributed by atoms with E-state index in [1.54, 1.807) is 19.4 Å². The molecule has 15 heavy (non-hydrogen) atoms. The highest BCUT2D eigenvalue weighted by Crippen LogP contribution is 2.11. The number of pyridine rings is 1. The molecule has 0 N–H and O–H groups in total. The Morgan fingerprint density at radius 3 is 2.73 bits per heavy atom. The standard InChI is InChI=1S/C12H17NO2/c1-4-9(2)11(14)7-10-5-6-12(15-3)13-8-10/h5-6,8-9H,4,7H2,1-3H3. The maximum atomic E-state index is 11.6. The average Bonchev–Trinajstić information content (AvgIpc) is 2.29. The summed E-state index contributed by atoms with van der Waals surface area (Å²) in [4.78, 5) is 15.7. The van der Waals surface area contributed by atoms with Gasteiger partial charge < -0.3 is 4.74 Å². The van der Waals surface area contributed by atoms with Crippen molar-refractivity contribution in [3.05, 3.63) is 23.9 Å². The summed E-state index contributed by atoms with van der Waals surface area (Å²) in [6.45, 7) is 3.98. The van der Waals surface area contributed by atoms with E-state index < -0.39 is 0 Å². The molecule has 0 aliphatic carbocycles. The summed E-state index contributed by atoms with van der Waals surface area (Å²) in [7, 11) is 1.58. The fourth-order valence-electron chi connectivity index (χ4n) is 1.24. The Balaban J connectivity index is 2.61. The van der Waals surface area contributed by atoms with Crippen molar-refractivity contribution in [2.75, 3.05) is 7.11 Å². The van der Waals surface area contributed by atoms with Gasteiger partial charge in [-0.15, -0.1) is 0 Å². The topological polar surface area (TPSA) is 39.2 Å². The van der Waals surface area contributed by atoms with Gasteiger partial charge >= 0.3 is 0 Å². The number of hydrogen-bond donors (Lipinski definition) is 0. The van der Waals surface area contributed by atoms with Crippen molar-refractivity contribution in [2.24, 2.45) is 5.92 Å². The third-order valence-electron chi connectivity index (χ3n) is 2.55. The van der Waals surface area contributed by atoms with Crippen molar-refractivity contribution in [1.82, 2.24) is 4.98 Å². The minimum absolute atomic E-state index is 0.132. The van der Waals surface area contributed by atoms with Gasteiger partial charge in [0.1, 0.15) is 5.78 Å². The smallest absolute Gasteiger partial charge is 0.212 e. The molecule has 0 bridgehead atoms. The third-order valence-corrected chi connectivity index (χ3v) is 2.55. The first kappa shape index (κ1) is 11.7. The van der Waals surface area contributed by atoms with E-state index in [9.17, 15) is 4.79 Å². The van der Waals surface area contributed by atoms with Gasteiger partial charge in [0.05, 0.1) is 7.11 Å². The molecule has 3 nitrogen and oxygen atoms in total. The maximum Gasteiger partial charge on any atom is 0.212 e. The maximum absolute atomic E-state index is 11.6. The van der Waals surface area contributed by atoms with Crippen LogP contribution < -0.4 is 4.74 Å². The van der Waals surface area contributed by atoms with E-state index >= 15 is 0 Å². The molecular formula is C12H17NO2. The summed E-state index contributed by atoms with van der Waals surface area (Å²) in [6.07, 6.45) is 3.05. The van der Waals surface area contributed by atoms with Crippen LogP contribution in [0.5, 0.6) is 5.88 Å². The van der Waals surface area contributed by atoms with Gasteiger partial charge in [-0.3, -0.25) is 4.79 Å². The van der Waals surface area contributed by atoms with E-state index in [4.69, 9.17) is 4.74 Å². The first-order valence-electron chi connectivity index (χ1n) is 5.19. The molecule has 0 radical (unpaired) electrons. The van der Waals surface area contributed by atoms with Gasteiger partial charge in [0.25, 0.3) is 0 Å². The summed E-state index contributed by atoms with van der Waals surface area (Å²) < 4.78 is 4.95. The second-order valence-electron chi connectivity index (χ2n) is 3.66. The molecule has 0 amide bonds. The largest absolute Gasteiger partial charge is 0.481 e. The van der Waals surface area contributed by atoms with Crippen molar-refractivity contribution in [1.29, 1.82) is 0 Å². The van der Waals surface area contributed by atoms with Gasteiger partial charge in [0.2, 0.25) is 5.88 Å². The minimum atomic E-state index is 0.132. The molecule has 1 aromatic rings. The molecule has 82 valence electrons. The molecule has 1 heterocycles. The molecule has 1 unspecified atom stereocenters. The van der Waals surface area contributed by atoms with Crippen LogP contribution in [0.4, 0.5) is 0 Å². The van der Waals surface area contributed by atoms with Crippen LogP contribution in [0.3, 0.4) is 0 Å². The number of ether oxygens (including phenoxy) is 1. The zero-order chi connectivity index (χ0) is 11.3. The zero-order valence-electron chi connectivity index (χ0n) is 9.49. The summed E-state index contributed by atoms with van der Waals surface area (Å²) in [5, 5.41) is 0. The Morgan fingerprint density at radius 2 is 2.27 bits per heavy atom. The lowest BCUT2D eigenvalue weighted by Crippen LogP contribution is -2.12. The lowest BCUT2D eigenvalue weighted by molar-refractivity contribution is -0.121. The van der Waals surface area contributed by atoms with Crippen molar-refractivity contribution in [3.8, 4) is 5.88 Å². The molecule has 0 saturated heterocycles. The van der Waals surface area contributed by atoms with E-state index in [0.717, 1.165) is 12.0 Å². The number of carbonyl (C=O) groups is 1. The number of nitrogens with zero attached hydrogens (tertiary/aromatic N) is 1. The first-order chi connectivity index (χ1) is 7.17. The van der Waals surface area contributed by atoms with Crippen LogP contribution in [-0.4, -0.2) is 17.9 Å². The summed E-state index contributed by atoms with van der Waals surface area (Å²) >= 11 is 0. The van der Waals surface area contributed by atoms with Gasteiger partial charge in [-0.05, 0) is 12.0 Å². The molecule has 0 aliphatic rings. The Kier molecular flexibility index (Phi) is 4.28. The van der Waals surface area contributed by atoms with Crippen molar-refractivity contribution in [3.63, 3.8) is 0 Å². The zero-order valence-corrected chi connectivity index (χ0v) is 9.49. The number of rotatable bonds is 5. The third kappa shape index (κ3) is 3.35. The molecule has 0 aliphatic heterocycles. The molecule has 0 spiro atoms. The van der Waals surface area contributed by atoms with Crippen LogP contribution in [0.25, 0.3) is 0 Å². The Labute approximate surface area is 90.5 Å². The lowest BCUT2D eigenvalue weighted by atomic mass is 9.98. The van der Waals surface area contributed by atoms with Crippen molar-refractivity contribution in [2.45, 2.75) is 26.7 Å². The predicted molar refractivity (Wildman–Crippen MR) is 59.0 cm³/mol. The number of carbonyl (C=O) groups excluding carboxylic acids is 1. The number of aromatic nitrogens is 1. The van der Waals surface area contributed by atoms with Crippen LogP contribution in [-0.2, 0) is 11.2 Å². The number of methoxy groups -OCH3 is 1. The number of Topliss-reactive ketones (excluding diaryl/α,β-unsaturated/α-hetero) is 1. The van der Waals surface area contributed by atoms with Crippen LogP contribution in [0.2, 0.25) is 0 Å². The first-order valence-corrected chi connectivity index (χ1v) is 5.19. The highest BCUT2D eigenvalue weighted by Gasteiger charge is 2.11. The van der Waals surface area contributed by atoms with Crippen molar-refractivity contribution >= 4 is 5.78 Å². The lowest BCUT2D eigenvalue weighted by Gasteiger charge is -2.07. The average molecular weight is 207 g/mol. The molecule has 1 atom stereocenters. The van der Waals surface area contributed by atoms with Crippen LogP contribution in [0, 0.1) is 5.92 Å². The molecule has 1 aromatic heterocycles. The second kappa shape index (κ2) is 5.49. The van der Waals surface area contributed by atoms with Gasteiger partial charge in [0, 0.05) is 24.6 Å². The molecular weight excluding hydrogens is 190 g/mol. The summed E-state index contributed by atoms with van der Waals surface area (Å²) in [5.41, 5.74) is 0.945. The Bertz CT molecular complexity index is 319. The monoisotopic (exact) mass is 207 g/mol. The molecule has 0 saturated carbocycles. The molecule has 0 aromatic carbocycles. The fraction of sp³-hybridized carbons (Fsp3) is 0.500. The van der Waals surface area contributed by atoms with Gasteiger partial charge in [-0.2, -0.15) is 0 Å². The van der Waals surface area contributed by atoms with Gasteiger partial charge in [0.15, 0.2) is 0 Å². The fourth-order valence-corrected chi connectivity index (χ4v) is 1.24.